The first-order chi connectivity index (χ1) is 8.21. The Morgan fingerprint density at radius 2 is 2.06 bits per heavy atom. The molecule has 1 rings (SSSR count). The molecule has 1 aromatic carbocycles. The molecule has 0 spiro atoms. The molecule has 1 N–H and O–H groups in total. The van der Waals surface area contributed by atoms with Gasteiger partial charge in [-0.05, 0) is 18.2 Å². The maximum atomic E-state index is 10.8. The SMILES string of the molecule is COC(=O)/C=C/Nc1ccc(C#N)c(C#N)c1. The van der Waals surface area contributed by atoms with Gasteiger partial charge in [0.25, 0.3) is 0 Å². The van der Waals surface area contributed by atoms with E-state index in [1.165, 1.54) is 31.5 Å². The van der Waals surface area contributed by atoms with Gasteiger partial charge in [0.05, 0.1) is 18.2 Å². The van der Waals surface area contributed by atoms with Crippen molar-refractivity contribution in [2.45, 2.75) is 0 Å². The van der Waals surface area contributed by atoms with Gasteiger partial charge < -0.3 is 10.1 Å². The van der Waals surface area contributed by atoms with E-state index >= 15 is 0 Å². The number of nitrogens with zero attached hydrogens (tertiary/aromatic N) is 2. The highest BCUT2D eigenvalue weighted by Gasteiger charge is 2.01. The predicted molar refractivity (Wildman–Crippen MR) is 60.7 cm³/mol. The Balaban J connectivity index is 2.82. The molecule has 0 aliphatic heterocycles. The summed E-state index contributed by atoms with van der Waals surface area (Å²) in [4.78, 5) is 10.8. The van der Waals surface area contributed by atoms with Crippen LogP contribution in [0.4, 0.5) is 5.69 Å². The molecular weight excluding hydrogens is 218 g/mol. The van der Waals surface area contributed by atoms with Gasteiger partial charge >= 0.3 is 5.97 Å². The summed E-state index contributed by atoms with van der Waals surface area (Å²) in [6, 6.07) is 8.54. The van der Waals surface area contributed by atoms with Crippen LogP contribution in [0, 0.1) is 22.7 Å². The molecule has 17 heavy (non-hydrogen) atoms. The standard InChI is InChI=1S/C12H9N3O2/c1-17-12(16)4-5-15-11-3-2-9(7-13)10(6-11)8-14/h2-6,15H,1H3/b5-4+. The van der Waals surface area contributed by atoms with E-state index in [2.05, 4.69) is 10.1 Å². The number of esters is 1. The molecule has 0 aliphatic carbocycles. The van der Waals surface area contributed by atoms with Gasteiger partial charge in [0.15, 0.2) is 0 Å². The Morgan fingerprint density at radius 1 is 1.35 bits per heavy atom. The monoisotopic (exact) mass is 227 g/mol. The molecule has 1 aromatic rings. The number of nitriles is 2. The smallest absolute Gasteiger partial charge is 0.331 e. The molecule has 0 radical (unpaired) electrons. The number of nitrogens with one attached hydrogen (secondary N) is 1. The highest BCUT2D eigenvalue weighted by atomic mass is 16.5. The van der Waals surface area contributed by atoms with E-state index in [0.717, 1.165) is 0 Å². The number of ether oxygens (including phenoxy) is 1. The van der Waals surface area contributed by atoms with Gasteiger partial charge in [-0.3, -0.25) is 0 Å². The summed E-state index contributed by atoms with van der Waals surface area (Å²) in [5.41, 5.74) is 1.21. The van der Waals surface area contributed by atoms with Crippen LogP contribution in [0.3, 0.4) is 0 Å². The quantitative estimate of drug-likeness (QED) is 0.625. The van der Waals surface area contributed by atoms with E-state index in [1.54, 1.807) is 6.07 Å². The lowest BCUT2D eigenvalue weighted by Gasteiger charge is -2.01. The zero-order valence-corrected chi connectivity index (χ0v) is 9.10. The summed E-state index contributed by atoms with van der Waals surface area (Å²) in [6.07, 6.45) is 2.61. The Bertz CT molecular complexity index is 536. The van der Waals surface area contributed by atoms with Crippen molar-refractivity contribution >= 4 is 11.7 Å². The molecule has 0 saturated carbocycles. The Morgan fingerprint density at radius 3 is 2.65 bits per heavy atom. The average Bonchev–Trinajstić information content (AvgIpc) is 2.38. The number of hydrogen-bond donors (Lipinski definition) is 1. The number of carbonyl (C=O) groups is 1. The molecule has 0 aliphatic rings. The lowest BCUT2D eigenvalue weighted by atomic mass is 10.1. The molecule has 0 unspecified atom stereocenters. The molecule has 5 nitrogen and oxygen atoms in total. The lowest BCUT2D eigenvalue weighted by molar-refractivity contribution is -0.134. The number of hydrogen-bond acceptors (Lipinski definition) is 5. The van der Waals surface area contributed by atoms with Crippen molar-refractivity contribution in [2.75, 3.05) is 12.4 Å². The third-order valence-corrected chi connectivity index (χ3v) is 1.93. The minimum absolute atomic E-state index is 0.281. The van der Waals surface area contributed by atoms with E-state index in [9.17, 15) is 4.79 Å². The molecule has 0 fully saturated rings. The normalized spacial score (nSPS) is 9.35. The molecule has 0 saturated heterocycles. The van der Waals surface area contributed by atoms with E-state index in [-0.39, 0.29) is 5.56 Å². The molecular formula is C12H9N3O2. The summed E-state index contributed by atoms with van der Waals surface area (Å²) in [5, 5.41) is 20.3. The Hall–Kier alpha value is -2.79. The minimum Gasteiger partial charge on any atom is -0.466 e. The van der Waals surface area contributed by atoms with Gasteiger partial charge in [-0.15, -0.1) is 0 Å². The number of methoxy groups -OCH3 is 1. The molecule has 0 amide bonds. The van der Waals surface area contributed by atoms with Crippen LogP contribution in [0.5, 0.6) is 0 Å². The number of benzene rings is 1. The van der Waals surface area contributed by atoms with Gasteiger partial charge in [-0.1, -0.05) is 0 Å². The lowest BCUT2D eigenvalue weighted by Crippen LogP contribution is -1.97. The first-order valence-electron chi connectivity index (χ1n) is 4.66. The first-order valence-corrected chi connectivity index (χ1v) is 4.66. The summed E-state index contributed by atoms with van der Waals surface area (Å²) >= 11 is 0. The maximum absolute atomic E-state index is 10.8. The molecule has 84 valence electrons. The third-order valence-electron chi connectivity index (χ3n) is 1.93. The van der Waals surface area contributed by atoms with Crippen LogP contribution in [0.25, 0.3) is 0 Å². The number of anilines is 1. The summed E-state index contributed by atoms with van der Waals surface area (Å²) in [6.45, 7) is 0. The Kier molecular flexibility index (Phi) is 4.29. The topological polar surface area (TPSA) is 85.9 Å². The van der Waals surface area contributed by atoms with Crippen molar-refractivity contribution in [3.8, 4) is 12.1 Å². The summed E-state index contributed by atoms with van der Waals surface area (Å²) < 4.78 is 4.41. The second kappa shape index (κ2) is 5.94. The molecule has 0 bridgehead atoms. The van der Waals surface area contributed by atoms with Gasteiger partial charge in [0.1, 0.15) is 12.1 Å². The van der Waals surface area contributed by atoms with Crippen LogP contribution in [-0.2, 0) is 9.53 Å². The van der Waals surface area contributed by atoms with Crippen LogP contribution in [0.2, 0.25) is 0 Å². The zero-order valence-electron chi connectivity index (χ0n) is 9.10. The molecule has 0 heterocycles. The first kappa shape index (κ1) is 12.3. The highest BCUT2D eigenvalue weighted by molar-refractivity contribution is 5.82. The summed E-state index contributed by atoms with van der Waals surface area (Å²) in [5.74, 6) is -0.480. The van der Waals surface area contributed by atoms with Crippen molar-refractivity contribution in [3.63, 3.8) is 0 Å². The van der Waals surface area contributed by atoms with Crippen molar-refractivity contribution in [3.05, 3.63) is 41.6 Å². The van der Waals surface area contributed by atoms with E-state index < -0.39 is 5.97 Å². The summed E-state index contributed by atoms with van der Waals surface area (Å²) in [7, 11) is 1.28. The van der Waals surface area contributed by atoms with Crippen molar-refractivity contribution in [2.24, 2.45) is 0 Å². The van der Waals surface area contributed by atoms with Gasteiger partial charge in [0, 0.05) is 18.0 Å². The number of carbonyl (C=O) groups excluding carboxylic acids is 1. The van der Waals surface area contributed by atoms with Crippen LogP contribution in [0.15, 0.2) is 30.5 Å². The van der Waals surface area contributed by atoms with Crippen molar-refractivity contribution < 1.29 is 9.53 Å². The molecule has 5 heteroatoms. The molecule has 0 aromatic heterocycles. The van der Waals surface area contributed by atoms with Crippen LogP contribution >= 0.6 is 0 Å². The highest BCUT2D eigenvalue weighted by Crippen LogP contribution is 2.14. The van der Waals surface area contributed by atoms with Crippen molar-refractivity contribution in [1.29, 1.82) is 10.5 Å². The predicted octanol–water partition coefficient (Wildman–Crippen LogP) is 1.53. The van der Waals surface area contributed by atoms with Crippen LogP contribution < -0.4 is 5.32 Å². The Labute approximate surface area is 98.5 Å². The number of rotatable bonds is 3. The largest absolute Gasteiger partial charge is 0.466 e. The zero-order chi connectivity index (χ0) is 12.7. The van der Waals surface area contributed by atoms with Gasteiger partial charge in [0.2, 0.25) is 0 Å². The van der Waals surface area contributed by atoms with Gasteiger partial charge in [-0.2, -0.15) is 10.5 Å². The van der Waals surface area contributed by atoms with Crippen LogP contribution in [-0.4, -0.2) is 13.1 Å². The fraction of sp³-hybridized carbons (Fsp3) is 0.0833. The van der Waals surface area contributed by atoms with Gasteiger partial charge in [-0.25, -0.2) is 4.79 Å². The maximum Gasteiger partial charge on any atom is 0.331 e. The third kappa shape index (κ3) is 3.37. The van der Waals surface area contributed by atoms with E-state index in [4.69, 9.17) is 10.5 Å². The fourth-order valence-electron chi connectivity index (χ4n) is 1.10. The molecule has 0 atom stereocenters. The fourth-order valence-corrected chi connectivity index (χ4v) is 1.10. The van der Waals surface area contributed by atoms with Crippen LogP contribution in [0.1, 0.15) is 11.1 Å². The van der Waals surface area contributed by atoms with Crippen molar-refractivity contribution in [1.82, 2.24) is 0 Å². The second-order valence-corrected chi connectivity index (χ2v) is 2.98. The second-order valence-electron chi connectivity index (χ2n) is 2.98. The van der Waals surface area contributed by atoms with E-state index in [1.807, 2.05) is 12.1 Å². The average molecular weight is 227 g/mol. The minimum atomic E-state index is -0.480. The van der Waals surface area contributed by atoms with E-state index in [0.29, 0.717) is 11.3 Å².